The summed E-state index contributed by atoms with van der Waals surface area (Å²) in [6.45, 7) is 2.06. The summed E-state index contributed by atoms with van der Waals surface area (Å²) in [4.78, 5) is 12.7. The van der Waals surface area contributed by atoms with Gasteiger partial charge in [-0.3, -0.25) is 4.79 Å². The minimum Gasteiger partial charge on any atom is -0.341 e. The van der Waals surface area contributed by atoms with Crippen LogP contribution < -0.4 is 5.32 Å². The van der Waals surface area contributed by atoms with Gasteiger partial charge in [0.15, 0.2) is 0 Å². The molecule has 0 fully saturated rings. The van der Waals surface area contributed by atoms with Crippen LogP contribution >= 0.6 is 15.9 Å². The van der Waals surface area contributed by atoms with Crippen LogP contribution in [0, 0.1) is 6.92 Å². The molecule has 3 rings (SSSR count). The van der Waals surface area contributed by atoms with Crippen molar-refractivity contribution in [1.29, 1.82) is 0 Å². The van der Waals surface area contributed by atoms with Crippen LogP contribution in [0.2, 0.25) is 0 Å². The van der Waals surface area contributed by atoms with E-state index in [0.29, 0.717) is 5.56 Å². The summed E-state index contributed by atoms with van der Waals surface area (Å²) in [7, 11) is 0. The van der Waals surface area contributed by atoms with E-state index in [4.69, 9.17) is 0 Å². The molecule has 0 radical (unpaired) electrons. The lowest BCUT2D eigenvalue weighted by molar-refractivity contribution is 0.0943. The Labute approximate surface area is 150 Å². The number of rotatable bonds is 4. The Bertz CT molecular complexity index is 811. The third-order valence-electron chi connectivity index (χ3n) is 3.93. The maximum atomic E-state index is 12.7. The van der Waals surface area contributed by atoms with Crippen LogP contribution in [0.5, 0.6) is 0 Å². The molecule has 0 aliphatic rings. The van der Waals surface area contributed by atoms with Gasteiger partial charge in [-0.2, -0.15) is 0 Å². The SMILES string of the molecule is Cc1ccc([C@H](NC(=O)c2ccc(Br)cc2)c2ccccc2)cc1. The highest BCUT2D eigenvalue weighted by atomic mass is 79.9. The van der Waals surface area contributed by atoms with Crippen molar-refractivity contribution < 1.29 is 4.79 Å². The number of nitrogens with one attached hydrogen (secondary N) is 1. The molecule has 0 bridgehead atoms. The fraction of sp³-hybridized carbons (Fsp3) is 0.0952. The number of aryl methyl sites for hydroxylation is 1. The normalized spacial score (nSPS) is 11.8. The zero-order valence-electron chi connectivity index (χ0n) is 13.4. The van der Waals surface area contributed by atoms with Gasteiger partial charge in [0.2, 0.25) is 0 Å². The zero-order chi connectivity index (χ0) is 16.9. The topological polar surface area (TPSA) is 29.1 Å². The molecule has 1 N–H and O–H groups in total. The third kappa shape index (κ3) is 3.92. The molecule has 2 nitrogen and oxygen atoms in total. The molecule has 0 saturated heterocycles. The Morgan fingerprint density at radius 1 is 0.833 bits per heavy atom. The van der Waals surface area contributed by atoms with E-state index < -0.39 is 0 Å². The van der Waals surface area contributed by atoms with Crippen molar-refractivity contribution in [2.45, 2.75) is 13.0 Å². The van der Waals surface area contributed by atoms with Gasteiger partial charge in [0.25, 0.3) is 5.91 Å². The Kier molecular flexibility index (Phi) is 5.11. The molecule has 0 spiro atoms. The summed E-state index contributed by atoms with van der Waals surface area (Å²) in [6, 6.07) is 25.5. The van der Waals surface area contributed by atoms with Crippen molar-refractivity contribution in [2.24, 2.45) is 0 Å². The lowest BCUT2D eigenvalue weighted by Crippen LogP contribution is -2.29. The Hall–Kier alpha value is -2.39. The molecule has 3 heteroatoms. The molecule has 120 valence electrons. The van der Waals surface area contributed by atoms with Gasteiger partial charge in [0.1, 0.15) is 0 Å². The lowest BCUT2D eigenvalue weighted by Gasteiger charge is -2.20. The average molecular weight is 380 g/mol. The highest BCUT2D eigenvalue weighted by Gasteiger charge is 2.17. The number of carbonyl (C=O) groups excluding carboxylic acids is 1. The smallest absolute Gasteiger partial charge is 0.252 e. The second-order valence-electron chi connectivity index (χ2n) is 5.73. The fourth-order valence-electron chi connectivity index (χ4n) is 2.58. The summed E-state index contributed by atoms with van der Waals surface area (Å²) < 4.78 is 0.956. The van der Waals surface area contributed by atoms with Crippen LogP contribution in [0.4, 0.5) is 0 Å². The second-order valence-corrected chi connectivity index (χ2v) is 6.65. The maximum absolute atomic E-state index is 12.7. The Morgan fingerprint density at radius 3 is 2.04 bits per heavy atom. The predicted molar refractivity (Wildman–Crippen MR) is 101 cm³/mol. The van der Waals surface area contributed by atoms with Crippen molar-refractivity contribution in [3.63, 3.8) is 0 Å². The molecular weight excluding hydrogens is 362 g/mol. The van der Waals surface area contributed by atoms with Gasteiger partial charge in [-0.05, 0) is 42.3 Å². The lowest BCUT2D eigenvalue weighted by atomic mass is 9.97. The largest absolute Gasteiger partial charge is 0.341 e. The Morgan fingerprint density at radius 2 is 1.42 bits per heavy atom. The van der Waals surface area contributed by atoms with Gasteiger partial charge in [-0.15, -0.1) is 0 Å². The Balaban J connectivity index is 1.91. The summed E-state index contributed by atoms with van der Waals surface area (Å²) in [6.07, 6.45) is 0. The number of benzene rings is 3. The van der Waals surface area contributed by atoms with E-state index in [1.54, 1.807) is 0 Å². The molecule has 0 aliphatic carbocycles. The maximum Gasteiger partial charge on any atom is 0.252 e. The minimum atomic E-state index is -0.178. The van der Waals surface area contributed by atoms with Gasteiger partial charge >= 0.3 is 0 Å². The molecule has 0 unspecified atom stereocenters. The molecular formula is C21H18BrNO. The number of halogens is 1. The monoisotopic (exact) mass is 379 g/mol. The van der Waals surface area contributed by atoms with Gasteiger partial charge < -0.3 is 5.32 Å². The van der Waals surface area contributed by atoms with Crippen molar-refractivity contribution in [1.82, 2.24) is 5.32 Å². The average Bonchev–Trinajstić information content (AvgIpc) is 2.62. The molecule has 3 aromatic carbocycles. The quantitative estimate of drug-likeness (QED) is 0.656. The highest BCUT2D eigenvalue weighted by molar-refractivity contribution is 9.10. The van der Waals surface area contributed by atoms with E-state index >= 15 is 0 Å². The van der Waals surface area contributed by atoms with Crippen LogP contribution in [-0.4, -0.2) is 5.91 Å². The first-order valence-corrected chi connectivity index (χ1v) is 8.61. The molecule has 0 heterocycles. The molecule has 1 amide bonds. The van der Waals surface area contributed by atoms with Crippen molar-refractivity contribution >= 4 is 21.8 Å². The van der Waals surface area contributed by atoms with Crippen molar-refractivity contribution in [2.75, 3.05) is 0 Å². The first-order valence-electron chi connectivity index (χ1n) is 7.81. The number of amides is 1. The van der Waals surface area contributed by atoms with Crippen LogP contribution in [-0.2, 0) is 0 Å². The van der Waals surface area contributed by atoms with Crippen molar-refractivity contribution in [3.05, 3.63) is 106 Å². The van der Waals surface area contributed by atoms with Gasteiger partial charge in [-0.25, -0.2) is 0 Å². The van der Waals surface area contributed by atoms with E-state index in [2.05, 4.69) is 52.4 Å². The van der Waals surface area contributed by atoms with Crippen LogP contribution in [0.3, 0.4) is 0 Å². The van der Waals surface area contributed by atoms with E-state index in [1.165, 1.54) is 5.56 Å². The molecule has 0 aromatic heterocycles. The number of hydrogen-bond donors (Lipinski definition) is 1. The van der Waals surface area contributed by atoms with E-state index in [1.807, 2.05) is 54.6 Å². The van der Waals surface area contributed by atoms with Gasteiger partial charge in [-0.1, -0.05) is 76.1 Å². The zero-order valence-corrected chi connectivity index (χ0v) is 15.0. The van der Waals surface area contributed by atoms with Crippen LogP contribution in [0.1, 0.15) is 33.1 Å². The molecule has 3 aromatic rings. The van der Waals surface area contributed by atoms with E-state index in [9.17, 15) is 4.79 Å². The summed E-state index contributed by atoms with van der Waals surface area (Å²) >= 11 is 3.39. The fourth-order valence-corrected chi connectivity index (χ4v) is 2.84. The molecule has 24 heavy (non-hydrogen) atoms. The summed E-state index contributed by atoms with van der Waals surface area (Å²) in [5.74, 6) is -0.0862. The van der Waals surface area contributed by atoms with Crippen molar-refractivity contribution in [3.8, 4) is 0 Å². The summed E-state index contributed by atoms with van der Waals surface area (Å²) in [5, 5.41) is 3.15. The standard InChI is InChI=1S/C21H18BrNO/c1-15-7-9-17(10-8-15)20(16-5-3-2-4-6-16)23-21(24)18-11-13-19(22)14-12-18/h2-14,20H,1H3,(H,23,24)/t20-/m1/s1. The van der Waals surface area contributed by atoms with E-state index in [0.717, 1.165) is 15.6 Å². The number of hydrogen-bond acceptors (Lipinski definition) is 1. The molecule has 0 saturated carbocycles. The molecule has 0 aliphatic heterocycles. The van der Waals surface area contributed by atoms with Crippen LogP contribution in [0.15, 0.2) is 83.3 Å². The first-order chi connectivity index (χ1) is 11.6. The highest BCUT2D eigenvalue weighted by Crippen LogP contribution is 2.23. The van der Waals surface area contributed by atoms with Gasteiger partial charge in [0, 0.05) is 10.0 Å². The third-order valence-corrected chi connectivity index (χ3v) is 4.45. The number of carbonyl (C=O) groups is 1. The molecule has 1 atom stereocenters. The van der Waals surface area contributed by atoms with Crippen LogP contribution in [0.25, 0.3) is 0 Å². The summed E-state index contributed by atoms with van der Waals surface area (Å²) in [5.41, 5.74) is 3.97. The van der Waals surface area contributed by atoms with E-state index in [-0.39, 0.29) is 11.9 Å². The minimum absolute atomic E-state index is 0.0862. The second kappa shape index (κ2) is 7.45. The predicted octanol–water partition coefficient (Wildman–Crippen LogP) is 5.28. The van der Waals surface area contributed by atoms with Gasteiger partial charge in [0.05, 0.1) is 6.04 Å². The first kappa shape index (κ1) is 16.5.